The summed E-state index contributed by atoms with van der Waals surface area (Å²) < 4.78 is 18.8. The fourth-order valence-corrected chi connectivity index (χ4v) is 1.72. The Morgan fingerprint density at radius 3 is 2.53 bits per heavy atom. The lowest BCUT2D eigenvalue weighted by Crippen LogP contribution is -2.37. The van der Waals surface area contributed by atoms with E-state index in [0.717, 1.165) is 0 Å². The maximum Gasteiger partial charge on any atom is 0.131 e. The maximum atomic E-state index is 13.7. The van der Waals surface area contributed by atoms with Gasteiger partial charge in [-0.2, -0.15) is 0 Å². The molecule has 0 saturated heterocycles. The fraction of sp³-hybridized carbons (Fsp3) is 0.500. The molecule has 4 nitrogen and oxygen atoms in total. The molecular weight excluding hydrogens is 225 g/mol. The first-order valence-corrected chi connectivity index (χ1v) is 5.44. The van der Waals surface area contributed by atoms with Crippen molar-refractivity contribution in [2.24, 2.45) is 0 Å². The van der Waals surface area contributed by atoms with Crippen molar-refractivity contribution in [1.29, 1.82) is 0 Å². The number of hydrogen-bond acceptors (Lipinski definition) is 4. The van der Waals surface area contributed by atoms with Gasteiger partial charge in [0.05, 0.1) is 26.4 Å². The van der Waals surface area contributed by atoms with Gasteiger partial charge in [0, 0.05) is 11.6 Å². The van der Waals surface area contributed by atoms with Gasteiger partial charge in [-0.3, -0.25) is 0 Å². The van der Waals surface area contributed by atoms with Crippen LogP contribution in [-0.2, 0) is 0 Å². The molecule has 0 spiro atoms. The van der Waals surface area contributed by atoms with E-state index in [-0.39, 0.29) is 25.1 Å². The number of nitrogens with one attached hydrogen (secondary N) is 1. The number of ether oxygens (including phenoxy) is 1. The van der Waals surface area contributed by atoms with E-state index in [4.69, 9.17) is 14.9 Å². The third kappa shape index (κ3) is 3.39. The van der Waals surface area contributed by atoms with Crippen molar-refractivity contribution in [2.45, 2.75) is 19.0 Å². The normalized spacial score (nSPS) is 12.8. The van der Waals surface area contributed by atoms with Crippen LogP contribution >= 0.6 is 0 Å². The molecule has 1 unspecified atom stereocenters. The second-order valence-electron chi connectivity index (χ2n) is 3.81. The van der Waals surface area contributed by atoms with E-state index in [2.05, 4.69) is 5.32 Å². The highest BCUT2D eigenvalue weighted by Gasteiger charge is 2.18. The summed E-state index contributed by atoms with van der Waals surface area (Å²) in [4.78, 5) is 0. The second kappa shape index (κ2) is 6.54. The number of aliphatic hydroxyl groups excluding tert-OH is 2. The summed E-state index contributed by atoms with van der Waals surface area (Å²) in [5.41, 5.74) is 0.391. The summed E-state index contributed by atoms with van der Waals surface area (Å²) in [5, 5.41) is 20.9. The van der Waals surface area contributed by atoms with Crippen LogP contribution in [0.4, 0.5) is 4.39 Å². The van der Waals surface area contributed by atoms with Crippen molar-refractivity contribution in [1.82, 2.24) is 5.32 Å². The van der Waals surface area contributed by atoms with Crippen LogP contribution < -0.4 is 10.1 Å². The molecule has 17 heavy (non-hydrogen) atoms. The number of methoxy groups -OCH3 is 1. The molecule has 3 N–H and O–H groups in total. The third-order valence-electron chi connectivity index (χ3n) is 2.59. The molecule has 0 saturated carbocycles. The Kier molecular flexibility index (Phi) is 5.34. The average molecular weight is 243 g/mol. The summed E-state index contributed by atoms with van der Waals surface area (Å²) in [7, 11) is 1.47. The standard InChI is InChI=1S/C12H18FNO3/c1-8(14-9(6-15)7-16)12-10(13)4-3-5-11(12)17-2/h3-5,8-9,14-16H,6-7H2,1-2H3. The van der Waals surface area contributed by atoms with Gasteiger partial charge in [-0.25, -0.2) is 4.39 Å². The molecule has 0 radical (unpaired) electrons. The molecule has 1 aromatic carbocycles. The van der Waals surface area contributed by atoms with E-state index in [1.165, 1.54) is 13.2 Å². The molecule has 0 bridgehead atoms. The Morgan fingerprint density at radius 1 is 1.35 bits per heavy atom. The summed E-state index contributed by atoms with van der Waals surface area (Å²) in [6, 6.07) is 3.75. The van der Waals surface area contributed by atoms with Crippen LogP contribution in [0.2, 0.25) is 0 Å². The minimum Gasteiger partial charge on any atom is -0.496 e. The van der Waals surface area contributed by atoms with Crippen LogP contribution in [0.25, 0.3) is 0 Å². The first-order valence-electron chi connectivity index (χ1n) is 5.44. The predicted octanol–water partition coefficient (Wildman–Crippen LogP) is 0.838. The molecule has 0 heterocycles. The smallest absolute Gasteiger partial charge is 0.131 e. The molecular formula is C12H18FNO3. The van der Waals surface area contributed by atoms with Crippen LogP contribution in [0.15, 0.2) is 18.2 Å². The Hall–Kier alpha value is -1.17. The van der Waals surface area contributed by atoms with E-state index in [0.29, 0.717) is 11.3 Å². The molecule has 5 heteroatoms. The van der Waals surface area contributed by atoms with Gasteiger partial charge >= 0.3 is 0 Å². The van der Waals surface area contributed by atoms with Gasteiger partial charge in [0.2, 0.25) is 0 Å². The summed E-state index contributed by atoms with van der Waals surface area (Å²) >= 11 is 0. The summed E-state index contributed by atoms with van der Waals surface area (Å²) in [6.07, 6.45) is 0. The predicted molar refractivity (Wildman–Crippen MR) is 62.5 cm³/mol. The van der Waals surface area contributed by atoms with Gasteiger partial charge in [0.25, 0.3) is 0 Å². The third-order valence-corrected chi connectivity index (χ3v) is 2.59. The van der Waals surface area contributed by atoms with Gasteiger partial charge in [-0.15, -0.1) is 0 Å². The molecule has 0 aliphatic carbocycles. The second-order valence-corrected chi connectivity index (χ2v) is 3.81. The number of hydrogen-bond donors (Lipinski definition) is 3. The van der Waals surface area contributed by atoms with Gasteiger partial charge in [-0.1, -0.05) is 6.07 Å². The largest absolute Gasteiger partial charge is 0.496 e. The van der Waals surface area contributed by atoms with Gasteiger partial charge in [-0.05, 0) is 19.1 Å². The van der Waals surface area contributed by atoms with Crippen molar-refractivity contribution in [2.75, 3.05) is 20.3 Å². The molecule has 1 aromatic rings. The zero-order valence-corrected chi connectivity index (χ0v) is 9.98. The topological polar surface area (TPSA) is 61.7 Å². The van der Waals surface area contributed by atoms with Crippen molar-refractivity contribution < 1.29 is 19.3 Å². The highest BCUT2D eigenvalue weighted by Crippen LogP contribution is 2.27. The molecule has 0 fully saturated rings. The Bertz CT molecular complexity index is 356. The number of aliphatic hydroxyl groups is 2. The van der Waals surface area contributed by atoms with Crippen molar-refractivity contribution in [3.8, 4) is 5.75 Å². The lowest BCUT2D eigenvalue weighted by Gasteiger charge is -2.22. The van der Waals surface area contributed by atoms with Crippen LogP contribution in [0.5, 0.6) is 5.75 Å². The van der Waals surface area contributed by atoms with E-state index < -0.39 is 6.04 Å². The first kappa shape index (κ1) is 13.9. The van der Waals surface area contributed by atoms with Gasteiger partial charge < -0.3 is 20.3 Å². The zero-order chi connectivity index (χ0) is 12.8. The van der Waals surface area contributed by atoms with E-state index >= 15 is 0 Å². The average Bonchev–Trinajstić information content (AvgIpc) is 2.35. The van der Waals surface area contributed by atoms with Gasteiger partial charge in [0.15, 0.2) is 0 Å². The monoisotopic (exact) mass is 243 g/mol. The lowest BCUT2D eigenvalue weighted by atomic mass is 10.1. The Morgan fingerprint density at radius 2 is 2.00 bits per heavy atom. The quantitative estimate of drug-likeness (QED) is 0.693. The van der Waals surface area contributed by atoms with E-state index in [9.17, 15) is 4.39 Å². The van der Waals surface area contributed by atoms with Crippen molar-refractivity contribution in [3.63, 3.8) is 0 Å². The van der Waals surface area contributed by atoms with E-state index in [1.54, 1.807) is 19.1 Å². The minimum atomic E-state index is -0.477. The number of rotatable bonds is 6. The summed E-state index contributed by atoms with van der Waals surface area (Å²) in [5.74, 6) is 0.0682. The lowest BCUT2D eigenvalue weighted by molar-refractivity contribution is 0.162. The minimum absolute atomic E-state index is 0.211. The van der Waals surface area contributed by atoms with Crippen molar-refractivity contribution >= 4 is 0 Å². The molecule has 1 atom stereocenters. The van der Waals surface area contributed by atoms with Crippen LogP contribution in [-0.4, -0.2) is 36.6 Å². The molecule has 0 aliphatic heterocycles. The number of benzene rings is 1. The highest BCUT2D eigenvalue weighted by atomic mass is 19.1. The summed E-state index contributed by atoms with van der Waals surface area (Å²) in [6.45, 7) is 1.33. The highest BCUT2D eigenvalue weighted by molar-refractivity contribution is 5.36. The Balaban J connectivity index is 2.91. The molecule has 0 aromatic heterocycles. The Labute approximate surface area is 100 Å². The SMILES string of the molecule is COc1cccc(F)c1C(C)NC(CO)CO. The maximum absolute atomic E-state index is 13.7. The molecule has 96 valence electrons. The molecule has 1 rings (SSSR count). The molecule has 0 amide bonds. The van der Waals surface area contributed by atoms with Crippen LogP contribution in [0.1, 0.15) is 18.5 Å². The number of halogens is 1. The fourth-order valence-electron chi connectivity index (χ4n) is 1.72. The van der Waals surface area contributed by atoms with E-state index in [1.807, 2.05) is 0 Å². The molecule has 0 aliphatic rings. The van der Waals surface area contributed by atoms with Crippen molar-refractivity contribution in [3.05, 3.63) is 29.6 Å². The van der Waals surface area contributed by atoms with Crippen LogP contribution in [0.3, 0.4) is 0 Å². The zero-order valence-electron chi connectivity index (χ0n) is 9.98. The van der Waals surface area contributed by atoms with Crippen LogP contribution in [0, 0.1) is 5.82 Å². The van der Waals surface area contributed by atoms with Gasteiger partial charge in [0.1, 0.15) is 11.6 Å². The first-order chi connectivity index (χ1) is 8.13.